The van der Waals surface area contributed by atoms with Gasteiger partial charge in [-0.1, -0.05) is 23.2 Å². The average molecular weight is 407 g/mol. The molecule has 2 heterocycles. The Labute approximate surface area is 163 Å². The van der Waals surface area contributed by atoms with Gasteiger partial charge in [-0.3, -0.25) is 9.59 Å². The molecule has 8 nitrogen and oxygen atoms in total. The fraction of sp³-hybridized carbons (Fsp3) is 0.176. The fourth-order valence-corrected chi connectivity index (χ4v) is 3.20. The number of benzene rings is 1. The molecular formula is C17H12Cl2N4O4. The number of aliphatic hydroxyl groups is 1. The number of hydrazone groups is 1. The lowest BCUT2D eigenvalue weighted by Gasteiger charge is -2.22. The Kier molecular flexibility index (Phi) is 5.19. The monoisotopic (exact) mass is 406 g/mol. The van der Waals surface area contributed by atoms with Gasteiger partial charge in [0, 0.05) is 17.0 Å². The van der Waals surface area contributed by atoms with Crippen molar-refractivity contribution in [2.24, 2.45) is 5.10 Å². The SMILES string of the molecule is N#CCC(=O)NN=C(CC1(O)C(=O)Nc2c(Cl)ccc(Cl)c21)c1ccco1. The third-order valence-corrected chi connectivity index (χ3v) is 4.55. The molecule has 0 aliphatic carbocycles. The second kappa shape index (κ2) is 7.40. The minimum atomic E-state index is -2.08. The second-order valence-electron chi connectivity index (χ2n) is 5.68. The number of hydrogen-bond acceptors (Lipinski definition) is 6. The number of halogens is 2. The molecule has 3 rings (SSSR count). The van der Waals surface area contributed by atoms with Gasteiger partial charge in [-0.25, -0.2) is 5.43 Å². The predicted octanol–water partition coefficient (Wildman–Crippen LogP) is 2.55. The first-order valence-electron chi connectivity index (χ1n) is 7.65. The first-order chi connectivity index (χ1) is 12.9. The van der Waals surface area contributed by atoms with Gasteiger partial charge in [-0.2, -0.15) is 10.4 Å². The Morgan fingerprint density at radius 2 is 2.11 bits per heavy atom. The maximum absolute atomic E-state index is 12.5. The summed E-state index contributed by atoms with van der Waals surface area (Å²) in [6, 6.07) is 7.78. The van der Waals surface area contributed by atoms with E-state index in [4.69, 9.17) is 32.9 Å². The van der Waals surface area contributed by atoms with E-state index in [1.165, 1.54) is 18.4 Å². The molecule has 0 spiro atoms. The molecule has 1 aromatic heterocycles. The summed E-state index contributed by atoms with van der Waals surface area (Å²) in [4.78, 5) is 24.1. The van der Waals surface area contributed by atoms with Crippen LogP contribution in [0.1, 0.15) is 24.2 Å². The van der Waals surface area contributed by atoms with Crippen molar-refractivity contribution in [3.8, 4) is 6.07 Å². The number of nitrogens with one attached hydrogen (secondary N) is 2. The molecule has 1 aromatic carbocycles. The van der Waals surface area contributed by atoms with Gasteiger partial charge in [0.2, 0.25) is 0 Å². The normalized spacial score (nSPS) is 18.6. The first kappa shape index (κ1) is 18.9. The summed E-state index contributed by atoms with van der Waals surface area (Å²) in [7, 11) is 0. The number of amides is 2. The van der Waals surface area contributed by atoms with Crippen molar-refractivity contribution in [3.05, 3.63) is 51.9 Å². The average Bonchev–Trinajstić information content (AvgIpc) is 3.24. The lowest BCUT2D eigenvalue weighted by atomic mass is 9.89. The topological polar surface area (TPSA) is 128 Å². The summed E-state index contributed by atoms with van der Waals surface area (Å²) < 4.78 is 5.27. The third kappa shape index (κ3) is 3.53. The number of hydrogen-bond donors (Lipinski definition) is 3. The minimum absolute atomic E-state index is 0.0767. The molecule has 1 aliphatic rings. The van der Waals surface area contributed by atoms with Crippen molar-refractivity contribution >= 4 is 46.4 Å². The number of nitrogens with zero attached hydrogens (tertiary/aromatic N) is 2. The van der Waals surface area contributed by atoms with Gasteiger partial charge in [0.05, 0.1) is 23.0 Å². The van der Waals surface area contributed by atoms with Crippen LogP contribution >= 0.6 is 23.2 Å². The summed E-state index contributed by atoms with van der Waals surface area (Å²) in [5.74, 6) is -1.17. The van der Waals surface area contributed by atoms with Crippen molar-refractivity contribution in [2.45, 2.75) is 18.4 Å². The molecule has 0 saturated carbocycles. The highest BCUT2D eigenvalue weighted by Gasteiger charge is 2.49. The van der Waals surface area contributed by atoms with E-state index in [0.717, 1.165) is 0 Å². The van der Waals surface area contributed by atoms with Crippen molar-refractivity contribution in [3.63, 3.8) is 0 Å². The smallest absolute Gasteiger partial charge is 0.261 e. The summed E-state index contributed by atoms with van der Waals surface area (Å²) in [6.45, 7) is 0. The highest BCUT2D eigenvalue weighted by Crippen LogP contribution is 2.46. The molecule has 2 amide bonds. The Balaban J connectivity index is 2.01. The largest absolute Gasteiger partial charge is 0.463 e. The molecule has 0 saturated heterocycles. The highest BCUT2D eigenvalue weighted by molar-refractivity contribution is 6.38. The van der Waals surface area contributed by atoms with E-state index in [1.54, 1.807) is 18.2 Å². The summed E-state index contributed by atoms with van der Waals surface area (Å²) in [5, 5.41) is 26.5. The van der Waals surface area contributed by atoms with Crippen LogP contribution in [0.3, 0.4) is 0 Å². The van der Waals surface area contributed by atoms with Gasteiger partial charge in [0.1, 0.15) is 17.9 Å². The van der Waals surface area contributed by atoms with Gasteiger partial charge in [-0.05, 0) is 24.3 Å². The predicted molar refractivity (Wildman–Crippen MR) is 97.2 cm³/mol. The number of carbonyl (C=O) groups excluding carboxylic acids is 2. The quantitative estimate of drug-likeness (QED) is 0.519. The van der Waals surface area contributed by atoms with E-state index in [0.29, 0.717) is 0 Å². The molecule has 0 radical (unpaired) electrons. The van der Waals surface area contributed by atoms with Crippen molar-refractivity contribution in [1.82, 2.24) is 5.43 Å². The van der Waals surface area contributed by atoms with Crippen LogP contribution in [0.15, 0.2) is 40.0 Å². The molecular weight excluding hydrogens is 395 g/mol. The van der Waals surface area contributed by atoms with E-state index >= 15 is 0 Å². The van der Waals surface area contributed by atoms with Crippen LogP contribution in [-0.4, -0.2) is 22.6 Å². The van der Waals surface area contributed by atoms with Gasteiger partial charge < -0.3 is 14.8 Å². The number of rotatable bonds is 5. The van der Waals surface area contributed by atoms with Crippen LogP contribution < -0.4 is 10.7 Å². The Bertz CT molecular complexity index is 982. The lowest BCUT2D eigenvalue weighted by molar-refractivity contribution is -0.132. The molecule has 10 heteroatoms. The van der Waals surface area contributed by atoms with E-state index in [2.05, 4.69) is 15.8 Å². The summed E-state index contributed by atoms with van der Waals surface area (Å²) in [5.41, 5.74) is 0.516. The molecule has 2 aromatic rings. The fourth-order valence-electron chi connectivity index (χ4n) is 2.69. The molecule has 1 unspecified atom stereocenters. The summed E-state index contributed by atoms with van der Waals surface area (Å²) >= 11 is 12.3. The first-order valence-corrected chi connectivity index (χ1v) is 8.41. The number of furan rings is 1. The van der Waals surface area contributed by atoms with Crippen LogP contribution in [0.4, 0.5) is 5.69 Å². The van der Waals surface area contributed by atoms with Crippen molar-refractivity contribution in [2.75, 3.05) is 5.32 Å². The van der Waals surface area contributed by atoms with Crippen LogP contribution in [0.2, 0.25) is 10.0 Å². The Hall–Kier alpha value is -2.86. The van der Waals surface area contributed by atoms with Gasteiger partial charge in [-0.15, -0.1) is 0 Å². The van der Waals surface area contributed by atoms with Crippen molar-refractivity contribution in [1.29, 1.82) is 5.26 Å². The van der Waals surface area contributed by atoms with E-state index < -0.39 is 23.8 Å². The molecule has 0 fully saturated rings. The molecule has 0 bridgehead atoms. The number of carbonyl (C=O) groups is 2. The van der Waals surface area contributed by atoms with E-state index in [-0.39, 0.29) is 39.2 Å². The maximum Gasteiger partial charge on any atom is 0.261 e. The van der Waals surface area contributed by atoms with Crippen LogP contribution in [0.25, 0.3) is 0 Å². The zero-order valence-corrected chi connectivity index (χ0v) is 15.1. The zero-order valence-electron chi connectivity index (χ0n) is 13.6. The van der Waals surface area contributed by atoms with Gasteiger partial charge in [0.15, 0.2) is 5.60 Å². The van der Waals surface area contributed by atoms with Crippen molar-refractivity contribution < 1.29 is 19.1 Å². The van der Waals surface area contributed by atoms with Crippen LogP contribution in [0, 0.1) is 11.3 Å². The highest BCUT2D eigenvalue weighted by atomic mass is 35.5. The molecule has 27 heavy (non-hydrogen) atoms. The van der Waals surface area contributed by atoms with E-state index in [9.17, 15) is 14.7 Å². The van der Waals surface area contributed by atoms with E-state index in [1.807, 2.05) is 0 Å². The molecule has 138 valence electrons. The molecule has 1 aliphatic heterocycles. The standard InChI is InChI=1S/C17H12Cl2N4O4/c18-9-3-4-10(19)15-14(9)17(26,16(25)21-15)8-11(12-2-1-7-27-12)22-23-13(24)5-6-20/h1-4,7,26H,5,8H2,(H,21,25)(H,23,24). The lowest BCUT2D eigenvalue weighted by Crippen LogP contribution is -2.37. The number of nitriles is 1. The van der Waals surface area contributed by atoms with Crippen LogP contribution in [0.5, 0.6) is 0 Å². The molecule has 1 atom stereocenters. The third-order valence-electron chi connectivity index (χ3n) is 3.92. The Morgan fingerprint density at radius 3 is 2.78 bits per heavy atom. The number of anilines is 1. The minimum Gasteiger partial charge on any atom is -0.463 e. The maximum atomic E-state index is 12.5. The van der Waals surface area contributed by atoms with Crippen LogP contribution in [-0.2, 0) is 15.2 Å². The van der Waals surface area contributed by atoms with Gasteiger partial charge in [0.25, 0.3) is 11.8 Å². The second-order valence-corrected chi connectivity index (χ2v) is 6.49. The number of fused-ring (bicyclic) bond motifs is 1. The molecule has 3 N–H and O–H groups in total. The zero-order chi connectivity index (χ0) is 19.6. The Morgan fingerprint density at radius 1 is 1.37 bits per heavy atom. The summed E-state index contributed by atoms with van der Waals surface area (Å²) in [6.07, 6.45) is 0.620. The van der Waals surface area contributed by atoms with Gasteiger partial charge >= 0.3 is 0 Å².